The molecule has 5 nitrogen and oxygen atoms in total. The van der Waals surface area contributed by atoms with Gasteiger partial charge in [0.15, 0.2) is 5.78 Å². The first kappa shape index (κ1) is 39.2. The third kappa shape index (κ3) is 14.6. The maximum atomic E-state index is 12.8. The quantitative estimate of drug-likeness (QED) is 0.0241. The van der Waals surface area contributed by atoms with Gasteiger partial charge in [0.1, 0.15) is 17.2 Å². The monoisotopic (exact) mass is 688 g/mol. The van der Waals surface area contributed by atoms with Crippen molar-refractivity contribution in [3.8, 4) is 28.4 Å². The van der Waals surface area contributed by atoms with Gasteiger partial charge in [0.25, 0.3) is 0 Å². The van der Waals surface area contributed by atoms with Gasteiger partial charge in [-0.3, -0.25) is 4.79 Å². The fraction of sp³-hybridized carbons (Fsp3) is 0.391. The smallest absolute Gasteiger partial charge is 0.343 e. The number of carbonyl (C=O) groups is 2. The summed E-state index contributed by atoms with van der Waals surface area (Å²) in [6.45, 7) is 5.82. The van der Waals surface area contributed by atoms with Gasteiger partial charge in [0.2, 0.25) is 0 Å². The summed E-state index contributed by atoms with van der Waals surface area (Å²) in [7, 11) is 0. The van der Waals surface area contributed by atoms with Crippen LogP contribution < -0.4 is 14.2 Å². The zero-order valence-electron chi connectivity index (χ0n) is 30.7. The number of esters is 1. The van der Waals surface area contributed by atoms with Gasteiger partial charge in [0, 0.05) is 5.56 Å². The summed E-state index contributed by atoms with van der Waals surface area (Å²) in [5.74, 6) is 1.55. The van der Waals surface area contributed by atoms with E-state index in [4.69, 9.17) is 14.2 Å². The highest BCUT2D eigenvalue weighted by Crippen LogP contribution is 2.24. The number of benzene rings is 4. The number of ether oxygens (including phenoxy) is 3. The van der Waals surface area contributed by atoms with E-state index in [0.717, 1.165) is 54.1 Å². The van der Waals surface area contributed by atoms with Crippen molar-refractivity contribution in [1.82, 2.24) is 0 Å². The van der Waals surface area contributed by atoms with E-state index in [1.165, 1.54) is 70.6 Å². The largest absolute Gasteiger partial charge is 0.494 e. The molecule has 4 aromatic rings. The second-order valence-corrected chi connectivity index (χ2v) is 13.2. The highest BCUT2D eigenvalue weighted by atomic mass is 16.5. The third-order valence-corrected chi connectivity index (χ3v) is 9.00. The molecule has 4 rings (SSSR count). The first-order valence-electron chi connectivity index (χ1n) is 19.2. The Hall–Kier alpha value is -4.64. The Morgan fingerprint density at radius 2 is 0.902 bits per heavy atom. The van der Waals surface area contributed by atoms with Crippen LogP contribution in [0.1, 0.15) is 130 Å². The van der Waals surface area contributed by atoms with Crippen LogP contribution in [0.4, 0.5) is 0 Å². The molecule has 0 fully saturated rings. The first-order valence-corrected chi connectivity index (χ1v) is 19.2. The highest BCUT2D eigenvalue weighted by Gasteiger charge is 2.09. The third-order valence-electron chi connectivity index (χ3n) is 9.00. The molecule has 270 valence electrons. The van der Waals surface area contributed by atoms with E-state index >= 15 is 0 Å². The predicted molar refractivity (Wildman–Crippen MR) is 210 cm³/mol. The summed E-state index contributed by atoms with van der Waals surface area (Å²) in [6.07, 6.45) is 21.2. The van der Waals surface area contributed by atoms with Crippen LogP contribution in [0.15, 0.2) is 103 Å². The Morgan fingerprint density at radius 1 is 0.471 bits per heavy atom. The van der Waals surface area contributed by atoms with Crippen LogP contribution >= 0.6 is 0 Å². The minimum atomic E-state index is -0.430. The molecule has 0 aliphatic carbocycles. The number of unbranched alkanes of at least 4 members (excludes halogenated alkanes) is 12. The van der Waals surface area contributed by atoms with Crippen LogP contribution in [0.25, 0.3) is 17.2 Å². The Bertz CT molecular complexity index is 1590. The van der Waals surface area contributed by atoms with Crippen molar-refractivity contribution in [2.24, 2.45) is 0 Å². The lowest BCUT2D eigenvalue weighted by molar-refractivity contribution is 0.0734. The van der Waals surface area contributed by atoms with Crippen molar-refractivity contribution < 1.29 is 23.8 Å². The normalized spacial score (nSPS) is 11.1. The summed E-state index contributed by atoms with van der Waals surface area (Å²) in [5, 5.41) is 0. The topological polar surface area (TPSA) is 61.8 Å². The lowest BCUT2D eigenvalue weighted by Crippen LogP contribution is -2.08. The van der Waals surface area contributed by atoms with E-state index in [0.29, 0.717) is 23.5 Å². The maximum Gasteiger partial charge on any atom is 0.343 e. The molecule has 0 aliphatic rings. The lowest BCUT2D eigenvalue weighted by atomic mass is 10.0. The number of hydrogen-bond donors (Lipinski definition) is 0. The number of ketones is 1. The van der Waals surface area contributed by atoms with Crippen molar-refractivity contribution in [3.05, 3.63) is 120 Å². The van der Waals surface area contributed by atoms with Gasteiger partial charge in [-0.25, -0.2) is 4.79 Å². The van der Waals surface area contributed by atoms with Crippen LogP contribution in [-0.4, -0.2) is 25.0 Å². The summed E-state index contributed by atoms with van der Waals surface area (Å²) >= 11 is 0. The van der Waals surface area contributed by atoms with Gasteiger partial charge >= 0.3 is 5.97 Å². The van der Waals surface area contributed by atoms with E-state index in [2.05, 4.69) is 13.8 Å². The Labute approximate surface area is 306 Å². The molecular weight excluding hydrogens is 633 g/mol. The first-order chi connectivity index (χ1) is 25.1. The Balaban J connectivity index is 1.12. The Kier molecular flexibility index (Phi) is 17.6. The summed E-state index contributed by atoms with van der Waals surface area (Å²) in [5.41, 5.74) is 4.01. The number of rotatable bonds is 24. The van der Waals surface area contributed by atoms with Gasteiger partial charge in [-0.15, -0.1) is 0 Å². The second kappa shape index (κ2) is 23.0. The lowest BCUT2D eigenvalue weighted by Gasteiger charge is -2.08. The van der Waals surface area contributed by atoms with Gasteiger partial charge < -0.3 is 14.2 Å². The summed E-state index contributed by atoms with van der Waals surface area (Å²) in [6, 6.07) is 29.8. The predicted octanol–water partition coefficient (Wildman–Crippen LogP) is 12.7. The fourth-order valence-corrected chi connectivity index (χ4v) is 5.81. The second-order valence-electron chi connectivity index (χ2n) is 13.2. The van der Waals surface area contributed by atoms with Crippen molar-refractivity contribution in [2.75, 3.05) is 13.2 Å². The van der Waals surface area contributed by atoms with Gasteiger partial charge in [0.05, 0.1) is 18.8 Å². The molecule has 0 aliphatic heterocycles. The molecule has 0 heterocycles. The number of hydrogen-bond acceptors (Lipinski definition) is 5. The molecule has 0 amide bonds. The molecule has 0 spiro atoms. The molecule has 5 heteroatoms. The molecule has 51 heavy (non-hydrogen) atoms. The number of allylic oxidation sites excluding steroid dienone is 1. The van der Waals surface area contributed by atoms with E-state index in [9.17, 15) is 9.59 Å². The van der Waals surface area contributed by atoms with Crippen LogP contribution in [0.2, 0.25) is 0 Å². The highest BCUT2D eigenvalue weighted by molar-refractivity contribution is 6.07. The molecule has 0 bridgehead atoms. The molecule has 0 N–H and O–H groups in total. The zero-order valence-corrected chi connectivity index (χ0v) is 30.7. The molecule has 0 radical (unpaired) electrons. The van der Waals surface area contributed by atoms with E-state index in [-0.39, 0.29) is 5.78 Å². The summed E-state index contributed by atoms with van der Waals surface area (Å²) < 4.78 is 17.2. The maximum absolute atomic E-state index is 12.8. The fourth-order valence-electron chi connectivity index (χ4n) is 5.81. The minimum Gasteiger partial charge on any atom is -0.494 e. The van der Waals surface area contributed by atoms with E-state index < -0.39 is 5.97 Å². The molecule has 0 saturated heterocycles. The molecule has 4 aromatic carbocycles. The Morgan fingerprint density at radius 3 is 1.45 bits per heavy atom. The average Bonchev–Trinajstić information content (AvgIpc) is 3.17. The zero-order chi connectivity index (χ0) is 35.9. The van der Waals surface area contributed by atoms with Crippen LogP contribution in [0.5, 0.6) is 17.2 Å². The van der Waals surface area contributed by atoms with Gasteiger partial charge in [-0.2, -0.15) is 0 Å². The molecule has 0 aromatic heterocycles. The molecule has 0 saturated carbocycles. The molecule has 0 atom stereocenters. The SMILES string of the molecule is CCCCCCCCCCCCCCOc1ccc(C(=O)Oc2ccc(/C=C/C(=O)c3ccc(-c4ccc(OCCCC)cc4)cc3)cc2)cc1. The average molecular weight is 689 g/mol. The summed E-state index contributed by atoms with van der Waals surface area (Å²) in [4.78, 5) is 25.5. The van der Waals surface area contributed by atoms with Crippen LogP contribution in [-0.2, 0) is 0 Å². The van der Waals surface area contributed by atoms with Gasteiger partial charge in [-0.1, -0.05) is 146 Å². The van der Waals surface area contributed by atoms with Crippen LogP contribution in [0.3, 0.4) is 0 Å². The number of carbonyl (C=O) groups excluding carboxylic acids is 2. The molecule has 0 unspecified atom stereocenters. The van der Waals surface area contributed by atoms with Crippen LogP contribution in [0, 0.1) is 0 Å². The van der Waals surface area contributed by atoms with Gasteiger partial charge in [-0.05, 0) is 84.1 Å². The van der Waals surface area contributed by atoms with E-state index in [1.54, 1.807) is 36.4 Å². The van der Waals surface area contributed by atoms with Crippen molar-refractivity contribution in [2.45, 2.75) is 104 Å². The van der Waals surface area contributed by atoms with Crippen molar-refractivity contribution in [1.29, 1.82) is 0 Å². The van der Waals surface area contributed by atoms with Crippen molar-refractivity contribution >= 4 is 17.8 Å². The standard InChI is InChI=1S/C46H56O5/c1-3-5-7-8-9-10-11-12-13-14-15-16-36-50-43-32-26-41(27-33-43)46(48)51-44-28-17-37(18-29-44)19-34-45(47)40-22-20-38(21-23-40)39-24-30-42(31-25-39)49-35-6-4-2/h17-34H,3-16,35-36H2,1-2H3/b34-19+. The minimum absolute atomic E-state index is 0.0850. The van der Waals surface area contributed by atoms with Crippen molar-refractivity contribution in [3.63, 3.8) is 0 Å². The molecular formula is C46H56O5. The van der Waals surface area contributed by atoms with E-state index in [1.807, 2.05) is 72.8 Å².